The summed E-state index contributed by atoms with van der Waals surface area (Å²) in [6, 6.07) is 4.34. The van der Waals surface area contributed by atoms with Crippen LogP contribution in [0, 0.1) is 28.9 Å². The first kappa shape index (κ1) is 23.1. The van der Waals surface area contributed by atoms with Crippen LogP contribution in [0.2, 0.25) is 5.02 Å². The Labute approximate surface area is 190 Å². The van der Waals surface area contributed by atoms with Crippen LogP contribution in [-0.2, 0) is 10.0 Å². The van der Waals surface area contributed by atoms with Gasteiger partial charge in [-0.3, -0.25) is 4.72 Å². The van der Waals surface area contributed by atoms with Gasteiger partial charge < -0.3 is 9.80 Å². The molecule has 0 radical (unpaired) electrons. The van der Waals surface area contributed by atoms with E-state index in [0.29, 0.717) is 19.0 Å². The Balaban J connectivity index is 1.58. The minimum Gasteiger partial charge on any atom is -0.369 e. The maximum absolute atomic E-state index is 15.0. The lowest BCUT2D eigenvalue weighted by Gasteiger charge is -2.53. The van der Waals surface area contributed by atoms with E-state index in [-0.39, 0.29) is 11.1 Å². The van der Waals surface area contributed by atoms with Crippen LogP contribution < -0.4 is 9.62 Å². The number of hydrogen-bond acceptors (Lipinski definition) is 5. The van der Waals surface area contributed by atoms with E-state index < -0.39 is 43.3 Å². The molecule has 0 bridgehead atoms. The fourth-order valence-corrected chi connectivity index (χ4v) is 5.81. The monoisotopic (exact) mass is 488 g/mol. The Morgan fingerprint density at radius 1 is 1.25 bits per heavy atom. The largest absolute Gasteiger partial charge is 0.369 e. The normalized spacial score (nSPS) is 18.0. The van der Waals surface area contributed by atoms with Gasteiger partial charge in [-0.15, -0.1) is 0 Å². The molecule has 1 aliphatic carbocycles. The lowest BCUT2D eigenvalue weighted by atomic mass is 9.72. The van der Waals surface area contributed by atoms with Gasteiger partial charge in [0.1, 0.15) is 16.7 Å². The van der Waals surface area contributed by atoms with Crippen LogP contribution in [0.15, 0.2) is 29.2 Å². The molecule has 2 heterocycles. The van der Waals surface area contributed by atoms with Crippen molar-refractivity contribution in [1.82, 2.24) is 9.88 Å². The highest BCUT2D eigenvalue weighted by molar-refractivity contribution is 7.92. The highest BCUT2D eigenvalue weighted by Gasteiger charge is 2.53. The predicted molar refractivity (Wildman–Crippen MR) is 117 cm³/mol. The molecule has 2 aromatic rings. The summed E-state index contributed by atoms with van der Waals surface area (Å²) in [6.45, 7) is 2.14. The highest BCUT2D eigenvalue weighted by atomic mass is 35.5. The summed E-state index contributed by atoms with van der Waals surface area (Å²) in [7, 11) is -0.717. The van der Waals surface area contributed by atoms with E-state index in [1.165, 1.54) is 6.07 Å². The third kappa shape index (κ3) is 4.40. The zero-order valence-corrected chi connectivity index (χ0v) is 19.3. The zero-order valence-electron chi connectivity index (χ0n) is 17.7. The zero-order chi connectivity index (χ0) is 23.3. The van der Waals surface area contributed by atoms with Crippen molar-refractivity contribution >= 4 is 33.1 Å². The molecule has 1 aromatic heterocycles. The summed E-state index contributed by atoms with van der Waals surface area (Å²) in [5.74, 6) is -3.41. The lowest BCUT2D eigenvalue weighted by Crippen LogP contribution is -2.58. The summed E-state index contributed by atoms with van der Waals surface area (Å²) >= 11 is 6.17. The molecule has 0 spiro atoms. The minimum atomic E-state index is -4.73. The van der Waals surface area contributed by atoms with Gasteiger partial charge in [-0.2, -0.15) is 4.39 Å². The number of sulfonamides is 1. The van der Waals surface area contributed by atoms with Crippen LogP contribution in [0.1, 0.15) is 19.3 Å². The van der Waals surface area contributed by atoms with E-state index in [0.717, 1.165) is 44.0 Å². The summed E-state index contributed by atoms with van der Waals surface area (Å²) in [6.07, 6.45) is 3.27. The second-order valence-corrected chi connectivity index (χ2v) is 10.8. The number of aromatic nitrogens is 1. The van der Waals surface area contributed by atoms with Crippen LogP contribution in [-0.4, -0.2) is 52.0 Å². The van der Waals surface area contributed by atoms with Crippen molar-refractivity contribution in [3.8, 4) is 0 Å². The molecule has 2 fully saturated rings. The van der Waals surface area contributed by atoms with Crippen molar-refractivity contribution in [2.45, 2.75) is 24.2 Å². The quantitative estimate of drug-likeness (QED) is 0.447. The van der Waals surface area contributed by atoms with E-state index in [4.69, 9.17) is 11.6 Å². The molecule has 11 heteroatoms. The van der Waals surface area contributed by atoms with Gasteiger partial charge in [0.05, 0.1) is 5.69 Å². The van der Waals surface area contributed by atoms with E-state index in [1.54, 1.807) is 4.90 Å². The van der Waals surface area contributed by atoms with Crippen LogP contribution in [0.25, 0.3) is 0 Å². The molecule has 1 saturated heterocycles. The van der Waals surface area contributed by atoms with Crippen molar-refractivity contribution in [3.05, 3.63) is 46.9 Å². The van der Waals surface area contributed by atoms with Gasteiger partial charge in [0.2, 0.25) is 5.95 Å². The lowest BCUT2D eigenvalue weighted by molar-refractivity contribution is 0.140. The van der Waals surface area contributed by atoms with E-state index in [2.05, 4.69) is 9.88 Å². The predicted octanol–water partition coefficient (Wildman–Crippen LogP) is 4.12. The first-order chi connectivity index (χ1) is 15.0. The standard InChI is InChI=1S/C21H24ClF3N4O2S/c1-28(2)9-8-21(13-6-7-13)11-29(12-21)15-10-14(23)20(19(25)18(15)22)32(30,31)27-17-5-3-4-16(24)26-17/h3-5,10,13H,6-9,11-12H2,1-2H3,(H,26,27). The number of nitrogens with zero attached hydrogens (tertiary/aromatic N) is 3. The Morgan fingerprint density at radius 3 is 2.53 bits per heavy atom. The third-order valence-corrected chi connectivity index (χ3v) is 7.92. The second kappa shape index (κ2) is 8.39. The van der Waals surface area contributed by atoms with Gasteiger partial charge in [-0.25, -0.2) is 22.2 Å². The smallest absolute Gasteiger partial charge is 0.268 e. The number of nitrogens with one attached hydrogen (secondary N) is 1. The van der Waals surface area contributed by atoms with Gasteiger partial charge in [0.15, 0.2) is 10.7 Å². The number of anilines is 2. The Hall–Kier alpha value is -2.04. The Kier molecular flexibility index (Phi) is 6.06. The fraction of sp³-hybridized carbons (Fsp3) is 0.476. The molecule has 6 nitrogen and oxygen atoms in total. The van der Waals surface area contributed by atoms with Crippen molar-refractivity contribution in [2.75, 3.05) is 43.4 Å². The first-order valence-corrected chi connectivity index (χ1v) is 12.1. The summed E-state index contributed by atoms with van der Waals surface area (Å²) in [5.41, 5.74) is 0.209. The first-order valence-electron chi connectivity index (χ1n) is 10.2. The molecule has 174 valence electrons. The van der Waals surface area contributed by atoms with Crippen molar-refractivity contribution < 1.29 is 21.6 Å². The average molecular weight is 489 g/mol. The van der Waals surface area contributed by atoms with E-state index in [1.807, 2.05) is 18.8 Å². The average Bonchev–Trinajstić information content (AvgIpc) is 3.49. The van der Waals surface area contributed by atoms with Crippen LogP contribution >= 0.6 is 11.6 Å². The maximum atomic E-state index is 15.0. The Bertz CT molecular complexity index is 1140. The van der Waals surface area contributed by atoms with E-state index >= 15 is 4.39 Å². The van der Waals surface area contributed by atoms with Gasteiger partial charge >= 0.3 is 0 Å². The molecule has 4 rings (SSSR count). The molecule has 0 atom stereocenters. The molecular weight excluding hydrogens is 465 g/mol. The van der Waals surface area contributed by atoms with Crippen molar-refractivity contribution in [2.24, 2.45) is 11.3 Å². The molecule has 2 aliphatic rings. The minimum absolute atomic E-state index is 0.0793. The number of benzene rings is 1. The van der Waals surface area contributed by atoms with Gasteiger partial charge in [-0.1, -0.05) is 17.7 Å². The highest BCUT2D eigenvalue weighted by Crippen LogP contribution is 2.55. The molecule has 0 amide bonds. The van der Waals surface area contributed by atoms with Gasteiger partial charge in [0.25, 0.3) is 10.0 Å². The number of hydrogen-bond donors (Lipinski definition) is 1. The number of halogens is 4. The fourth-order valence-electron chi connectivity index (χ4n) is 4.34. The maximum Gasteiger partial charge on any atom is 0.268 e. The number of pyridine rings is 1. The second-order valence-electron chi connectivity index (χ2n) is 8.83. The summed E-state index contributed by atoms with van der Waals surface area (Å²) < 4.78 is 70.2. The number of rotatable bonds is 8. The van der Waals surface area contributed by atoms with Crippen LogP contribution in [0.5, 0.6) is 0 Å². The molecule has 0 unspecified atom stereocenters. The van der Waals surface area contributed by atoms with Gasteiger partial charge in [0, 0.05) is 24.6 Å². The summed E-state index contributed by atoms with van der Waals surface area (Å²) in [5, 5.41) is -0.462. The molecule has 32 heavy (non-hydrogen) atoms. The van der Waals surface area contributed by atoms with Crippen molar-refractivity contribution in [1.29, 1.82) is 0 Å². The molecular formula is C21H24ClF3N4O2S. The SMILES string of the molecule is CN(C)CCC1(C2CC2)CN(c2cc(F)c(S(=O)(=O)Nc3cccc(F)n3)c(F)c2Cl)C1. The third-order valence-electron chi connectivity index (χ3n) is 6.17. The Morgan fingerprint density at radius 2 is 1.94 bits per heavy atom. The molecule has 1 N–H and O–H groups in total. The topological polar surface area (TPSA) is 65.5 Å². The van der Waals surface area contributed by atoms with Crippen molar-refractivity contribution in [3.63, 3.8) is 0 Å². The molecule has 1 aliphatic heterocycles. The van der Waals surface area contributed by atoms with Gasteiger partial charge in [-0.05, 0) is 58.0 Å². The molecule has 1 aromatic carbocycles. The molecule has 1 saturated carbocycles. The summed E-state index contributed by atoms with van der Waals surface area (Å²) in [4.78, 5) is 6.03. The van der Waals surface area contributed by atoms with Crippen LogP contribution in [0.4, 0.5) is 24.7 Å². The van der Waals surface area contributed by atoms with E-state index in [9.17, 15) is 17.2 Å². The van der Waals surface area contributed by atoms with Crippen LogP contribution in [0.3, 0.4) is 0 Å².